The summed E-state index contributed by atoms with van der Waals surface area (Å²) >= 11 is 0. The van der Waals surface area contributed by atoms with Crippen LogP contribution in [0.4, 0.5) is 13.2 Å². The van der Waals surface area contributed by atoms with E-state index >= 15 is 0 Å². The van der Waals surface area contributed by atoms with Gasteiger partial charge in [-0.25, -0.2) is 0 Å². The van der Waals surface area contributed by atoms with Gasteiger partial charge in [0.25, 0.3) is 0 Å². The Balaban J connectivity index is 0. The standard InChI is InChI=1S/C7H12F3N.ClH/c1-2-3-6(11)4-5-7(8,9)10;/h2,6H,1,3-5,11H2;1H/t6-;/m1./s1. The van der Waals surface area contributed by atoms with E-state index in [1.165, 1.54) is 6.08 Å². The number of nitrogens with two attached hydrogens (primary N) is 1. The largest absolute Gasteiger partial charge is 0.389 e. The summed E-state index contributed by atoms with van der Waals surface area (Å²) in [6, 6.07) is -0.408. The van der Waals surface area contributed by atoms with Crippen LogP contribution in [0.1, 0.15) is 19.3 Å². The van der Waals surface area contributed by atoms with Gasteiger partial charge in [-0.2, -0.15) is 13.2 Å². The minimum atomic E-state index is -4.08. The summed E-state index contributed by atoms with van der Waals surface area (Å²) in [5.41, 5.74) is 5.32. The van der Waals surface area contributed by atoms with Crippen molar-refractivity contribution in [3.63, 3.8) is 0 Å². The lowest BCUT2D eigenvalue weighted by molar-refractivity contribution is -0.136. The van der Waals surface area contributed by atoms with Crippen LogP contribution in [0.5, 0.6) is 0 Å². The second kappa shape index (κ2) is 6.31. The van der Waals surface area contributed by atoms with E-state index in [1.54, 1.807) is 0 Å². The molecule has 0 heterocycles. The first-order valence-electron chi connectivity index (χ1n) is 3.39. The molecule has 0 aliphatic carbocycles. The van der Waals surface area contributed by atoms with Crippen molar-refractivity contribution >= 4 is 12.4 Å². The van der Waals surface area contributed by atoms with Crippen LogP contribution in [0.15, 0.2) is 12.7 Å². The average Bonchev–Trinajstić information content (AvgIpc) is 1.83. The molecular formula is C7H13ClF3N. The van der Waals surface area contributed by atoms with Crippen LogP contribution in [0.2, 0.25) is 0 Å². The fourth-order valence-electron chi connectivity index (χ4n) is 0.681. The average molecular weight is 204 g/mol. The summed E-state index contributed by atoms with van der Waals surface area (Å²) < 4.78 is 34.7. The first-order chi connectivity index (χ1) is 4.95. The van der Waals surface area contributed by atoms with Gasteiger partial charge in [-0.15, -0.1) is 19.0 Å². The number of rotatable bonds is 4. The number of hydrogen-bond acceptors (Lipinski definition) is 1. The molecule has 0 aliphatic heterocycles. The van der Waals surface area contributed by atoms with Gasteiger partial charge in [-0.1, -0.05) is 6.08 Å². The summed E-state index contributed by atoms with van der Waals surface area (Å²) in [4.78, 5) is 0. The maximum Gasteiger partial charge on any atom is 0.389 e. The van der Waals surface area contributed by atoms with Gasteiger partial charge in [-0.05, 0) is 12.8 Å². The van der Waals surface area contributed by atoms with Crippen molar-refractivity contribution in [2.75, 3.05) is 0 Å². The maximum atomic E-state index is 11.6. The second-order valence-corrected chi connectivity index (χ2v) is 2.44. The van der Waals surface area contributed by atoms with Gasteiger partial charge in [0.2, 0.25) is 0 Å². The Hall–Kier alpha value is -0.220. The van der Waals surface area contributed by atoms with Gasteiger partial charge in [0, 0.05) is 12.5 Å². The third-order valence-corrected chi connectivity index (χ3v) is 1.27. The van der Waals surface area contributed by atoms with Crippen LogP contribution in [0.25, 0.3) is 0 Å². The van der Waals surface area contributed by atoms with Crippen LogP contribution in [-0.2, 0) is 0 Å². The first-order valence-corrected chi connectivity index (χ1v) is 3.39. The molecule has 0 bridgehead atoms. The lowest BCUT2D eigenvalue weighted by atomic mass is 10.1. The fourth-order valence-corrected chi connectivity index (χ4v) is 0.681. The molecule has 0 spiro atoms. The van der Waals surface area contributed by atoms with Crippen LogP contribution in [0.3, 0.4) is 0 Å². The van der Waals surface area contributed by atoms with Crippen LogP contribution < -0.4 is 5.73 Å². The predicted octanol–water partition coefficient (Wildman–Crippen LogP) is 2.65. The predicted molar refractivity (Wildman–Crippen MR) is 45.3 cm³/mol. The molecule has 0 fully saturated rings. The summed E-state index contributed by atoms with van der Waals surface area (Å²) in [5.74, 6) is 0. The molecule has 0 unspecified atom stereocenters. The summed E-state index contributed by atoms with van der Waals surface area (Å²) in [7, 11) is 0. The molecule has 0 saturated heterocycles. The number of hydrogen-bond donors (Lipinski definition) is 1. The van der Waals surface area contributed by atoms with Crippen molar-refractivity contribution in [3.8, 4) is 0 Å². The van der Waals surface area contributed by atoms with E-state index in [0.717, 1.165) is 0 Å². The van der Waals surface area contributed by atoms with Crippen molar-refractivity contribution in [1.29, 1.82) is 0 Å². The third-order valence-electron chi connectivity index (χ3n) is 1.27. The maximum absolute atomic E-state index is 11.6. The van der Waals surface area contributed by atoms with Crippen LogP contribution in [0, 0.1) is 0 Å². The molecule has 0 amide bonds. The van der Waals surface area contributed by atoms with Crippen molar-refractivity contribution in [3.05, 3.63) is 12.7 Å². The molecular weight excluding hydrogens is 191 g/mol. The van der Waals surface area contributed by atoms with Crippen LogP contribution in [-0.4, -0.2) is 12.2 Å². The van der Waals surface area contributed by atoms with Gasteiger partial charge in [0.05, 0.1) is 0 Å². The van der Waals surface area contributed by atoms with Crippen molar-refractivity contribution in [2.45, 2.75) is 31.5 Å². The highest BCUT2D eigenvalue weighted by molar-refractivity contribution is 5.85. The van der Waals surface area contributed by atoms with Crippen molar-refractivity contribution in [1.82, 2.24) is 0 Å². The molecule has 0 aromatic carbocycles. The Bertz CT molecular complexity index is 124. The lowest BCUT2D eigenvalue weighted by Gasteiger charge is -2.10. The van der Waals surface area contributed by atoms with E-state index in [1.807, 2.05) is 0 Å². The molecule has 0 aromatic rings. The Labute approximate surface area is 76.2 Å². The van der Waals surface area contributed by atoms with E-state index in [-0.39, 0.29) is 18.8 Å². The monoisotopic (exact) mass is 203 g/mol. The molecule has 0 saturated carbocycles. The Morgan fingerprint density at radius 1 is 1.42 bits per heavy atom. The third kappa shape index (κ3) is 9.78. The topological polar surface area (TPSA) is 26.0 Å². The Morgan fingerprint density at radius 2 is 1.92 bits per heavy atom. The molecule has 5 heteroatoms. The highest BCUT2D eigenvalue weighted by Gasteiger charge is 2.27. The smallest absolute Gasteiger partial charge is 0.327 e. The van der Waals surface area contributed by atoms with Crippen LogP contribution >= 0.6 is 12.4 Å². The summed E-state index contributed by atoms with van der Waals surface area (Å²) in [6.45, 7) is 3.38. The number of alkyl halides is 3. The van der Waals surface area contributed by atoms with Crippen molar-refractivity contribution < 1.29 is 13.2 Å². The normalized spacial score (nSPS) is 13.3. The quantitative estimate of drug-likeness (QED) is 0.699. The highest BCUT2D eigenvalue weighted by Crippen LogP contribution is 2.22. The SMILES string of the molecule is C=CC[C@@H](N)CCC(F)(F)F.Cl. The van der Waals surface area contributed by atoms with E-state index in [4.69, 9.17) is 5.73 Å². The first kappa shape index (κ1) is 14.3. The van der Waals surface area contributed by atoms with E-state index in [9.17, 15) is 13.2 Å². The number of halogens is 4. The van der Waals surface area contributed by atoms with Gasteiger partial charge >= 0.3 is 6.18 Å². The minimum Gasteiger partial charge on any atom is -0.327 e. The molecule has 1 atom stereocenters. The molecule has 0 aromatic heterocycles. The minimum absolute atomic E-state index is 0. The van der Waals surface area contributed by atoms with Gasteiger partial charge in [0.1, 0.15) is 0 Å². The fraction of sp³-hybridized carbons (Fsp3) is 0.714. The zero-order chi connectivity index (χ0) is 8.91. The Kier molecular flexibility index (Phi) is 7.53. The molecule has 74 valence electrons. The molecule has 1 nitrogen and oxygen atoms in total. The second-order valence-electron chi connectivity index (χ2n) is 2.44. The van der Waals surface area contributed by atoms with E-state index in [2.05, 4.69) is 6.58 Å². The molecule has 2 N–H and O–H groups in total. The zero-order valence-corrected chi connectivity index (χ0v) is 7.42. The van der Waals surface area contributed by atoms with Crippen molar-refractivity contribution in [2.24, 2.45) is 5.73 Å². The van der Waals surface area contributed by atoms with E-state index in [0.29, 0.717) is 6.42 Å². The molecule has 0 aliphatic rings. The zero-order valence-electron chi connectivity index (χ0n) is 6.60. The molecule has 0 radical (unpaired) electrons. The van der Waals surface area contributed by atoms with Gasteiger partial charge < -0.3 is 5.73 Å². The Morgan fingerprint density at radius 3 is 2.25 bits per heavy atom. The van der Waals surface area contributed by atoms with E-state index < -0.39 is 18.6 Å². The summed E-state index contributed by atoms with van der Waals surface area (Å²) in [5, 5.41) is 0. The highest BCUT2D eigenvalue weighted by atomic mass is 35.5. The lowest BCUT2D eigenvalue weighted by Crippen LogP contribution is -2.22. The summed E-state index contributed by atoms with van der Waals surface area (Å²) in [6.07, 6.45) is -2.94. The molecule has 0 rings (SSSR count). The molecule has 12 heavy (non-hydrogen) atoms. The van der Waals surface area contributed by atoms with Gasteiger partial charge in [-0.3, -0.25) is 0 Å². The van der Waals surface area contributed by atoms with Gasteiger partial charge in [0.15, 0.2) is 0 Å².